The maximum absolute atomic E-state index is 12.7. The second kappa shape index (κ2) is 7.77. The molecule has 0 saturated heterocycles. The number of hydrogen-bond acceptors (Lipinski definition) is 3. The van der Waals surface area contributed by atoms with E-state index in [4.69, 9.17) is 23.2 Å². The lowest BCUT2D eigenvalue weighted by Crippen LogP contribution is -2.25. The maximum Gasteiger partial charge on any atom is 0.259 e. The number of benzene rings is 2. The Morgan fingerprint density at radius 1 is 1.18 bits per heavy atom. The topological polar surface area (TPSA) is 53.5 Å². The van der Waals surface area contributed by atoms with Crippen molar-refractivity contribution in [3.63, 3.8) is 0 Å². The van der Waals surface area contributed by atoms with Crippen LogP contribution in [-0.4, -0.2) is 18.7 Å². The van der Waals surface area contributed by atoms with Crippen LogP contribution in [0.4, 0.5) is 10.1 Å². The molecule has 0 unspecified atom stereocenters. The van der Waals surface area contributed by atoms with Crippen molar-refractivity contribution in [3.8, 4) is 0 Å². The Morgan fingerprint density at radius 3 is 2.59 bits per heavy atom. The van der Waals surface area contributed by atoms with Gasteiger partial charge in [0.25, 0.3) is 5.91 Å². The predicted molar refractivity (Wildman–Crippen MR) is 87.1 cm³/mol. The Bertz CT molecular complexity index is 690. The van der Waals surface area contributed by atoms with Crippen LogP contribution in [0.5, 0.6) is 0 Å². The molecule has 2 N–H and O–H groups in total. The van der Waals surface area contributed by atoms with Crippen molar-refractivity contribution in [3.05, 3.63) is 63.9 Å². The van der Waals surface area contributed by atoms with Crippen molar-refractivity contribution in [2.45, 2.75) is 0 Å². The van der Waals surface area contributed by atoms with E-state index in [-0.39, 0.29) is 18.3 Å². The number of carbonyl (C=O) groups excluding carboxylic acids is 1. The summed E-state index contributed by atoms with van der Waals surface area (Å²) in [6.45, 7) is 0.0112. The van der Waals surface area contributed by atoms with Crippen LogP contribution < -0.4 is 10.7 Å². The molecule has 2 aromatic carbocycles. The van der Waals surface area contributed by atoms with Gasteiger partial charge in [0.2, 0.25) is 0 Å². The number of hydrazone groups is 1. The molecule has 0 aromatic heterocycles. The molecule has 114 valence electrons. The fraction of sp³-hybridized carbons (Fsp3) is 0.0667. The SMILES string of the molecule is O=C(CNc1ccc(F)cc1)N/N=C/c1ccc(Cl)cc1Cl. The van der Waals surface area contributed by atoms with Gasteiger partial charge in [-0.05, 0) is 36.4 Å². The highest BCUT2D eigenvalue weighted by Gasteiger charge is 2.01. The molecule has 2 rings (SSSR count). The highest BCUT2D eigenvalue weighted by atomic mass is 35.5. The van der Waals surface area contributed by atoms with E-state index in [0.29, 0.717) is 21.3 Å². The van der Waals surface area contributed by atoms with Crippen LogP contribution >= 0.6 is 23.2 Å². The van der Waals surface area contributed by atoms with Gasteiger partial charge in [-0.2, -0.15) is 5.10 Å². The Morgan fingerprint density at radius 2 is 1.91 bits per heavy atom. The van der Waals surface area contributed by atoms with E-state index >= 15 is 0 Å². The summed E-state index contributed by atoms with van der Waals surface area (Å²) in [6, 6.07) is 10.6. The molecule has 7 heteroatoms. The molecule has 0 aliphatic rings. The number of halogens is 3. The van der Waals surface area contributed by atoms with Crippen LogP contribution in [0.1, 0.15) is 5.56 Å². The molecular formula is C15H12Cl2FN3O. The molecule has 2 aromatic rings. The molecule has 22 heavy (non-hydrogen) atoms. The van der Waals surface area contributed by atoms with Gasteiger partial charge < -0.3 is 5.32 Å². The average Bonchev–Trinajstić information content (AvgIpc) is 2.49. The monoisotopic (exact) mass is 339 g/mol. The van der Waals surface area contributed by atoms with Crippen LogP contribution in [0.25, 0.3) is 0 Å². The zero-order valence-corrected chi connectivity index (χ0v) is 12.8. The number of nitrogens with zero attached hydrogens (tertiary/aromatic N) is 1. The number of rotatable bonds is 5. The van der Waals surface area contributed by atoms with Gasteiger partial charge in [-0.3, -0.25) is 4.79 Å². The molecule has 1 amide bonds. The third-order valence-electron chi connectivity index (χ3n) is 2.65. The first-order valence-corrected chi connectivity index (χ1v) is 7.06. The van der Waals surface area contributed by atoms with Crippen molar-refractivity contribution in [1.29, 1.82) is 0 Å². The van der Waals surface area contributed by atoms with Gasteiger partial charge in [0, 0.05) is 16.3 Å². The summed E-state index contributed by atoms with van der Waals surface area (Å²) in [5.41, 5.74) is 3.63. The minimum Gasteiger partial charge on any atom is -0.376 e. The van der Waals surface area contributed by atoms with E-state index in [2.05, 4.69) is 15.8 Å². The van der Waals surface area contributed by atoms with Gasteiger partial charge in [-0.15, -0.1) is 0 Å². The van der Waals surface area contributed by atoms with Crippen LogP contribution in [-0.2, 0) is 4.79 Å². The standard InChI is InChI=1S/C15H12Cl2FN3O/c16-11-2-1-10(14(17)7-11)8-20-21-15(22)9-19-13-5-3-12(18)4-6-13/h1-8,19H,9H2,(H,21,22)/b20-8+. The highest BCUT2D eigenvalue weighted by Crippen LogP contribution is 2.19. The molecule has 0 bridgehead atoms. The first-order chi connectivity index (χ1) is 10.5. The number of anilines is 1. The molecule has 0 saturated carbocycles. The number of amides is 1. The second-order valence-corrected chi connectivity index (χ2v) is 5.16. The lowest BCUT2D eigenvalue weighted by atomic mass is 10.2. The van der Waals surface area contributed by atoms with E-state index in [1.807, 2.05) is 0 Å². The zero-order valence-electron chi connectivity index (χ0n) is 11.3. The second-order valence-electron chi connectivity index (χ2n) is 4.32. The van der Waals surface area contributed by atoms with Crippen LogP contribution in [0.3, 0.4) is 0 Å². The first kappa shape index (κ1) is 16.3. The van der Waals surface area contributed by atoms with Gasteiger partial charge >= 0.3 is 0 Å². The Labute approximate surface area is 136 Å². The van der Waals surface area contributed by atoms with Gasteiger partial charge in [-0.25, -0.2) is 9.82 Å². The summed E-state index contributed by atoms with van der Waals surface area (Å²) in [5.74, 6) is -0.676. The minimum absolute atomic E-state index is 0.0112. The highest BCUT2D eigenvalue weighted by molar-refractivity contribution is 6.36. The smallest absolute Gasteiger partial charge is 0.259 e. The van der Waals surface area contributed by atoms with Crippen molar-refractivity contribution < 1.29 is 9.18 Å². The molecule has 0 radical (unpaired) electrons. The molecular weight excluding hydrogens is 328 g/mol. The quantitative estimate of drug-likeness (QED) is 0.644. The van der Waals surface area contributed by atoms with E-state index < -0.39 is 0 Å². The molecule has 4 nitrogen and oxygen atoms in total. The molecule has 0 aliphatic heterocycles. The average molecular weight is 340 g/mol. The summed E-state index contributed by atoms with van der Waals surface area (Å²) in [7, 11) is 0. The largest absolute Gasteiger partial charge is 0.376 e. The van der Waals surface area contributed by atoms with Crippen molar-refractivity contribution in [2.24, 2.45) is 5.10 Å². The fourth-order valence-electron chi connectivity index (χ4n) is 1.57. The zero-order chi connectivity index (χ0) is 15.9. The molecule has 0 aliphatic carbocycles. The summed E-state index contributed by atoms with van der Waals surface area (Å²) in [5, 5.41) is 7.61. The van der Waals surface area contributed by atoms with Gasteiger partial charge in [0.15, 0.2) is 0 Å². The van der Waals surface area contributed by atoms with Gasteiger partial charge in [0.1, 0.15) is 5.82 Å². The van der Waals surface area contributed by atoms with Gasteiger partial charge in [-0.1, -0.05) is 29.3 Å². The van der Waals surface area contributed by atoms with Crippen molar-refractivity contribution in [1.82, 2.24) is 5.43 Å². The summed E-state index contributed by atoms with van der Waals surface area (Å²) in [4.78, 5) is 11.6. The van der Waals surface area contributed by atoms with E-state index in [0.717, 1.165) is 0 Å². The third kappa shape index (κ3) is 5.02. The van der Waals surface area contributed by atoms with E-state index in [9.17, 15) is 9.18 Å². The Balaban J connectivity index is 1.82. The number of carbonyl (C=O) groups is 1. The Hall–Kier alpha value is -2.11. The lowest BCUT2D eigenvalue weighted by Gasteiger charge is -2.05. The van der Waals surface area contributed by atoms with Crippen molar-refractivity contribution in [2.75, 3.05) is 11.9 Å². The van der Waals surface area contributed by atoms with E-state index in [1.165, 1.54) is 18.3 Å². The number of hydrogen-bond donors (Lipinski definition) is 2. The lowest BCUT2D eigenvalue weighted by molar-refractivity contribution is -0.119. The minimum atomic E-state index is -0.342. The molecule has 0 atom stereocenters. The molecule has 0 fully saturated rings. The van der Waals surface area contributed by atoms with Crippen LogP contribution in [0.2, 0.25) is 10.0 Å². The predicted octanol–water partition coefficient (Wildman–Crippen LogP) is 3.69. The van der Waals surface area contributed by atoms with Crippen LogP contribution in [0.15, 0.2) is 47.6 Å². The molecule has 0 spiro atoms. The fourth-order valence-corrected chi connectivity index (χ4v) is 2.03. The first-order valence-electron chi connectivity index (χ1n) is 6.31. The van der Waals surface area contributed by atoms with Crippen LogP contribution in [0, 0.1) is 5.82 Å². The molecule has 0 heterocycles. The summed E-state index contributed by atoms with van der Waals surface area (Å²) >= 11 is 11.7. The summed E-state index contributed by atoms with van der Waals surface area (Å²) < 4.78 is 12.7. The Kier molecular flexibility index (Phi) is 5.75. The number of nitrogens with one attached hydrogen (secondary N) is 2. The normalized spacial score (nSPS) is 10.7. The summed E-state index contributed by atoms with van der Waals surface area (Å²) in [6.07, 6.45) is 1.43. The maximum atomic E-state index is 12.7. The third-order valence-corrected chi connectivity index (χ3v) is 3.22. The van der Waals surface area contributed by atoms with E-state index in [1.54, 1.807) is 30.3 Å². The van der Waals surface area contributed by atoms with Gasteiger partial charge in [0.05, 0.1) is 17.8 Å². The van der Waals surface area contributed by atoms with Crippen molar-refractivity contribution >= 4 is 41.0 Å².